The summed E-state index contributed by atoms with van der Waals surface area (Å²) >= 11 is 2.89. The fourth-order valence-electron chi connectivity index (χ4n) is 3.52. The number of hydrogen-bond donors (Lipinski definition) is 0. The summed E-state index contributed by atoms with van der Waals surface area (Å²) < 4.78 is 13.0. The molecule has 31 heavy (non-hydrogen) atoms. The van der Waals surface area contributed by atoms with E-state index in [1.165, 1.54) is 11.3 Å². The van der Waals surface area contributed by atoms with Gasteiger partial charge in [0.1, 0.15) is 5.75 Å². The molecule has 1 aliphatic rings. The molecule has 0 bridgehead atoms. The number of fused-ring (bicyclic) bond motifs is 1. The molecule has 8 heteroatoms. The third-order valence-corrected chi connectivity index (χ3v) is 6.64. The van der Waals surface area contributed by atoms with Crippen LogP contribution < -0.4 is 19.6 Å². The summed E-state index contributed by atoms with van der Waals surface area (Å²) in [5, 5.41) is 1.97. The van der Waals surface area contributed by atoms with Crippen LogP contribution in [0.25, 0.3) is 6.08 Å². The number of thiazole rings is 1. The first-order valence-corrected chi connectivity index (χ1v) is 11.7. The van der Waals surface area contributed by atoms with Crippen molar-refractivity contribution in [1.29, 1.82) is 0 Å². The second-order valence-corrected chi connectivity index (χ2v) is 8.81. The summed E-state index contributed by atoms with van der Waals surface area (Å²) in [5.74, 6) is 0.268. The van der Waals surface area contributed by atoms with Crippen LogP contribution in [0.1, 0.15) is 37.3 Å². The molecule has 0 saturated heterocycles. The van der Waals surface area contributed by atoms with Crippen molar-refractivity contribution in [2.24, 2.45) is 4.99 Å². The maximum atomic E-state index is 13.4. The van der Waals surface area contributed by atoms with Gasteiger partial charge in [0, 0.05) is 4.88 Å². The zero-order chi connectivity index (χ0) is 22.0. The third kappa shape index (κ3) is 4.13. The predicted molar refractivity (Wildman–Crippen MR) is 122 cm³/mol. The second kappa shape index (κ2) is 9.03. The van der Waals surface area contributed by atoms with Crippen molar-refractivity contribution in [2.45, 2.75) is 26.8 Å². The van der Waals surface area contributed by atoms with Crippen LogP contribution in [0, 0.1) is 0 Å². The molecule has 160 valence electrons. The van der Waals surface area contributed by atoms with E-state index in [1.807, 2.05) is 54.8 Å². The van der Waals surface area contributed by atoms with Gasteiger partial charge >= 0.3 is 5.97 Å². The molecule has 3 heterocycles. The van der Waals surface area contributed by atoms with Crippen LogP contribution in [0.4, 0.5) is 0 Å². The summed E-state index contributed by atoms with van der Waals surface area (Å²) in [6.07, 6.45) is 1.87. The molecule has 0 fully saturated rings. The maximum Gasteiger partial charge on any atom is 0.338 e. The van der Waals surface area contributed by atoms with Gasteiger partial charge in [-0.05, 0) is 56.0 Å². The molecule has 0 saturated carbocycles. The number of thiophene rings is 1. The molecule has 0 aliphatic carbocycles. The Morgan fingerprint density at radius 2 is 1.97 bits per heavy atom. The zero-order valence-corrected chi connectivity index (χ0v) is 19.1. The highest BCUT2D eigenvalue weighted by atomic mass is 32.1. The van der Waals surface area contributed by atoms with Crippen LogP contribution in [0.5, 0.6) is 5.75 Å². The lowest BCUT2D eigenvalue weighted by molar-refractivity contribution is -0.139. The van der Waals surface area contributed by atoms with Gasteiger partial charge < -0.3 is 9.47 Å². The molecular formula is C23H22N2O4S2. The lowest BCUT2D eigenvalue weighted by Crippen LogP contribution is -2.39. The monoisotopic (exact) mass is 454 g/mol. The Bertz CT molecular complexity index is 1300. The number of carbonyl (C=O) groups excluding carboxylic acids is 1. The molecule has 0 amide bonds. The van der Waals surface area contributed by atoms with Crippen molar-refractivity contribution in [1.82, 2.24) is 4.57 Å². The molecule has 6 nitrogen and oxygen atoms in total. The molecule has 1 atom stereocenters. The van der Waals surface area contributed by atoms with E-state index in [9.17, 15) is 9.59 Å². The van der Waals surface area contributed by atoms with E-state index in [-0.39, 0.29) is 12.2 Å². The minimum Gasteiger partial charge on any atom is -0.494 e. The van der Waals surface area contributed by atoms with Gasteiger partial charge in [-0.15, -0.1) is 11.3 Å². The van der Waals surface area contributed by atoms with E-state index >= 15 is 0 Å². The number of allylic oxidation sites excluding steroid dienone is 1. The molecule has 3 aromatic rings. The van der Waals surface area contributed by atoms with Crippen molar-refractivity contribution in [2.75, 3.05) is 13.2 Å². The van der Waals surface area contributed by atoms with Gasteiger partial charge in [-0.1, -0.05) is 29.5 Å². The van der Waals surface area contributed by atoms with Crippen molar-refractivity contribution < 1.29 is 14.3 Å². The molecule has 1 aliphatic heterocycles. The van der Waals surface area contributed by atoms with Crippen LogP contribution in [0.3, 0.4) is 0 Å². The van der Waals surface area contributed by atoms with Crippen LogP contribution in [0.2, 0.25) is 0 Å². The number of nitrogens with zero attached hydrogens (tertiary/aromatic N) is 2. The van der Waals surface area contributed by atoms with Gasteiger partial charge in [0.15, 0.2) is 4.80 Å². The van der Waals surface area contributed by atoms with E-state index < -0.39 is 12.0 Å². The first-order valence-electron chi connectivity index (χ1n) is 9.99. The van der Waals surface area contributed by atoms with Crippen molar-refractivity contribution >= 4 is 34.7 Å². The normalized spacial score (nSPS) is 16.1. The standard InChI is InChI=1S/C23H22N2O4S2/c1-4-28-16-10-8-15(9-11-16)20-19(22(27)29-5-2)14(3)24-23-25(20)21(26)18(31-23)13-17-7-6-12-30-17/h6-13,20H,4-5H2,1-3H3. The Balaban J connectivity index is 1.92. The van der Waals surface area contributed by atoms with Crippen molar-refractivity contribution in [3.05, 3.63) is 83.2 Å². The van der Waals surface area contributed by atoms with Crippen molar-refractivity contribution in [3.8, 4) is 5.75 Å². The zero-order valence-electron chi connectivity index (χ0n) is 17.5. The van der Waals surface area contributed by atoms with Gasteiger partial charge in [0.2, 0.25) is 0 Å². The van der Waals surface area contributed by atoms with E-state index in [0.717, 1.165) is 16.2 Å². The minimum absolute atomic E-state index is 0.176. The van der Waals surface area contributed by atoms with Gasteiger partial charge in [0.25, 0.3) is 5.56 Å². The molecule has 4 rings (SSSR count). The average Bonchev–Trinajstić information content (AvgIpc) is 3.36. The maximum absolute atomic E-state index is 13.4. The smallest absolute Gasteiger partial charge is 0.338 e. The quantitative estimate of drug-likeness (QED) is 0.536. The predicted octanol–water partition coefficient (Wildman–Crippen LogP) is 3.26. The highest BCUT2D eigenvalue weighted by molar-refractivity contribution is 7.11. The number of hydrogen-bond acceptors (Lipinski definition) is 7. The topological polar surface area (TPSA) is 69.9 Å². The van der Waals surface area contributed by atoms with Crippen LogP contribution in [0.15, 0.2) is 62.8 Å². The Morgan fingerprint density at radius 1 is 1.19 bits per heavy atom. The number of ether oxygens (including phenoxy) is 2. The third-order valence-electron chi connectivity index (χ3n) is 4.84. The van der Waals surface area contributed by atoms with Gasteiger partial charge in [-0.2, -0.15) is 0 Å². The highest BCUT2D eigenvalue weighted by Gasteiger charge is 2.33. The molecular weight excluding hydrogens is 432 g/mol. The minimum atomic E-state index is -0.614. The van der Waals surface area contributed by atoms with Crippen LogP contribution in [-0.2, 0) is 9.53 Å². The number of esters is 1. The SMILES string of the molecule is CCOC(=O)C1=C(C)N=c2sc(=Cc3cccs3)c(=O)n2C1c1ccc(OCC)cc1. The first-order chi connectivity index (χ1) is 15.0. The van der Waals surface area contributed by atoms with Gasteiger partial charge in [-0.3, -0.25) is 9.36 Å². The highest BCUT2D eigenvalue weighted by Crippen LogP contribution is 2.31. The molecule has 0 N–H and O–H groups in total. The van der Waals surface area contributed by atoms with E-state index in [0.29, 0.717) is 27.2 Å². The van der Waals surface area contributed by atoms with E-state index in [2.05, 4.69) is 4.99 Å². The largest absolute Gasteiger partial charge is 0.494 e. The molecule has 0 spiro atoms. The fraction of sp³-hybridized carbons (Fsp3) is 0.261. The van der Waals surface area contributed by atoms with Crippen LogP contribution >= 0.6 is 22.7 Å². The van der Waals surface area contributed by atoms with Gasteiger partial charge in [-0.25, -0.2) is 9.79 Å². The fourth-order valence-corrected chi connectivity index (χ4v) is 5.29. The molecule has 2 aromatic heterocycles. The Labute approximate surface area is 187 Å². The number of rotatable bonds is 6. The Hall–Kier alpha value is -2.97. The molecule has 1 aromatic carbocycles. The Kier molecular flexibility index (Phi) is 6.20. The number of benzene rings is 1. The average molecular weight is 455 g/mol. The first kappa shape index (κ1) is 21.3. The number of carbonyl (C=O) groups is 1. The number of aromatic nitrogens is 1. The second-order valence-electron chi connectivity index (χ2n) is 6.82. The lowest BCUT2D eigenvalue weighted by Gasteiger charge is -2.24. The van der Waals surface area contributed by atoms with Gasteiger partial charge in [0.05, 0.1) is 35.1 Å². The van der Waals surface area contributed by atoms with E-state index in [1.54, 1.807) is 29.8 Å². The molecule has 1 unspecified atom stereocenters. The van der Waals surface area contributed by atoms with E-state index in [4.69, 9.17) is 9.47 Å². The summed E-state index contributed by atoms with van der Waals surface area (Å²) in [5.41, 5.74) is 1.55. The van der Waals surface area contributed by atoms with Crippen molar-refractivity contribution in [3.63, 3.8) is 0 Å². The summed E-state index contributed by atoms with van der Waals surface area (Å²) in [4.78, 5) is 32.4. The summed E-state index contributed by atoms with van der Waals surface area (Å²) in [6, 6.07) is 10.7. The lowest BCUT2D eigenvalue weighted by atomic mass is 9.96. The molecule has 0 radical (unpaired) electrons. The summed E-state index contributed by atoms with van der Waals surface area (Å²) in [6.45, 7) is 6.27. The van der Waals surface area contributed by atoms with Crippen LogP contribution in [-0.4, -0.2) is 23.8 Å². The summed E-state index contributed by atoms with van der Waals surface area (Å²) in [7, 11) is 0. The Morgan fingerprint density at radius 3 is 2.61 bits per heavy atom.